The number of nitrogens with zero attached hydrogens (tertiary/aromatic N) is 2. The van der Waals surface area contributed by atoms with Crippen molar-refractivity contribution in [2.24, 2.45) is 0 Å². The summed E-state index contributed by atoms with van der Waals surface area (Å²) >= 11 is 7.90. The van der Waals surface area contributed by atoms with Crippen LogP contribution in [0.2, 0.25) is 0 Å². The third-order valence-electron chi connectivity index (χ3n) is 9.38. The van der Waals surface area contributed by atoms with E-state index < -0.39 is 0 Å². The number of thiophene rings is 1. The number of H-pyrrole nitrogens is 2. The first-order chi connectivity index (χ1) is 22.9. The van der Waals surface area contributed by atoms with Crippen LogP contribution in [0.3, 0.4) is 0 Å². The third-order valence-corrected chi connectivity index (χ3v) is 10.9. The summed E-state index contributed by atoms with van der Waals surface area (Å²) in [6.07, 6.45) is 2.52. The molecule has 0 spiro atoms. The number of hydrogen-bond acceptors (Lipinski definition) is 6. The van der Waals surface area contributed by atoms with Crippen LogP contribution in [0.5, 0.6) is 11.5 Å². The van der Waals surface area contributed by atoms with Gasteiger partial charge in [-0.2, -0.15) is 0 Å². The van der Waals surface area contributed by atoms with Crippen LogP contribution in [-0.4, -0.2) is 70.5 Å². The van der Waals surface area contributed by atoms with Gasteiger partial charge in [-0.1, -0.05) is 0 Å². The van der Waals surface area contributed by atoms with Crippen LogP contribution in [-0.2, 0) is 0 Å². The number of phenolic OH excluding ortho intramolecular Hbond substituents is 1. The molecule has 5 heterocycles. The molecule has 0 unspecified atom stereocenters. The van der Waals surface area contributed by atoms with Gasteiger partial charge in [-0.3, -0.25) is 14.5 Å². The number of benzene rings is 3. The molecule has 0 bridgehead atoms. The average molecular weight is 668 g/mol. The van der Waals surface area contributed by atoms with E-state index in [1.165, 1.54) is 24.2 Å². The maximum absolute atomic E-state index is 13.9. The van der Waals surface area contributed by atoms with Crippen LogP contribution >= 0.6 is 22.9 Å². The molecular formula is C36H34ClN5O4S. The number of ether oxygens (including phenoxy) is 1. The first kappa shape index (κ1) is 29.9. The summed E-state index contributed by atoms with van der Waals surface area (Å²) in [7, 11) is 0. The Morgan fingerprint density at radius 2 is 1.77 bits per heavy atom. The lowest BCUT2D eigenvalue weighted by molar-refractivity contribution is 0.0982. The normalized spacial score (nSPS) is 16.5. The molecule has 1 atom stereocenters. The zero-order valence-electron chi connectivity index (χ0n) is 25.9. The van der Waals surface area contributed by atoms with Crippen molar-refractivity contribution in [1.29, 1.82) is 0 Å². The maximum Gasteiger partial charge on any atom is 0.274 e. The molecule has 9 nitrogen and oxygen atoms in total. The van der Waals surface area contributed by atoms with Crippen molar-refractivity contribution >= 4 is 78.0 Å². The lowest BCUT2D eigenvalue weighted by Gasteiger charge is -2.17. The highest BCUT2D eigenvalue weighted by molar-refractivity contribution is 7.17. The standard InChI is InChI=1S/C36H34ClN5O4S/c1-20-19-47-34-31(43)16-30-33(32(20)34)23(17-37)18-42(30)36(45)29-15-21-12-24(4-6-26(21)40-29)38-35(44)28-14-22-13-25(5-7-27(22)39-28)46-11-10-41-8-2-3-9-41/h4-7,12-16,19,23,39-40,43H,2-3,8-11,17-18H2,1H3,(H,38,44)/t23-/m1/s1. The van der Waals surface area contributed by atoms with Crippen molar-refractivity contribution in [3.05, 3.63) is 82.5 Å². The Morgan fingerprint density at radius 3 is 2.57 bits per heavy atom. The topological polar surface area (TPSA) is 114 Å². The lowest BCUT2D eigenvalue weighted by atomic mass is 9.97. The molecule has 8 rings (SSSR count). The molecule has 6 aromatic rings. The van der Waals surface area contributed by atoms with Crippen molar-refractivity contribution in [3.63, 3.8) is 0 Å². The second-order valence-electron chi connectivity index (χ2n) is 12.5. The van der Waals surface area contributed by atoms with Gasteiger partial charge in [-0.25, -0.2) is 0 Å². The molecule has 3 aromatic carbocycles. The number of carbonyl (C=O) groups excluding carboxylic acids is 2. The van der Waals surface area contributed by atoms with E-state index in [0.717, 1.165) is 68.4 Å². The van der Waals surface area contributed by atoms with Gasteiger partial charge in [0.1, 0.15) is 29.5 Å². The van der Waals surface area contributed by atoms with Gasteiger partial charge in [0.05, 0.1) is 10.4 Å². The first-order valence-electron chi connectivity index (χ1n) is 15.9. The first-order valence-corrected chi connectivity index (χ1v) is 17.3. The van der Waals surface area contributed by atoms with Crippen LogP contribution in [0, 0.1) is 6.92 Å². The van der Waals surface area contributed by atoms with Crippen LogP contribution in [0.4, 0.5) is 11.4 Å². The molecule has 240 valence electrons. The van der Waals surface area contributed by atoms with Crippen molar-refractivity contribution < 1.29 is 19.4 Å². The minimum Gasteiger partial charge on any atom is -0.506 e. The second-order valence-corrected chi connectivity index (χ2v) is 13.7. The SMILES string of the molecule is Cc1csc2c(O)cc3c(c12)[C@H](CCl)CN3C(=O)c1cc2cc(NC(=O)c3cc4cc(OCCN5CCCC5)ccc4[nH]3)ccc2[nH]1. The summed E-state index contributed by atoms with van der Waals surface area (Å²) in [5.74, 6) is 0.809. The number of fused-ring (bicyclic) bond motifs is 5. The number of aryl methyl sites for hydroxylation is 1. The fraction of sp³-hybridized carbons (Fsp3) is 0.278. The highest BCUT2D eigenvalue weighted by Crippen LogP contribution is 2.48. The molecule has 4 N–H and O–H groups in total. The average Bonchev–Trinajstić information content (AvgIpc) is 3.90. The zero-order chi connectivity index (χ0) is 32.2. The van der Waals surface area contributed by atoms with Crippen molar-refractivity contribution in [2.45, 2.75) is 25.7 Å². The predicted molar refractivity (Wildman–Crippen MR) is 189 cm³/mol. The number of amides is 2. The number of anilines is 2. The number of aromatic nitrogens is 2. The molecule has 47 heavy (non-hydrogen) atoms. The number of phenols is 1. The van der Waals surface area contributed by atoms with Gasteiger partial charge in [-0.15, -0.1) is 22.9 Å². The van der Waals surface area contributed by atoms with Crippen LogP contribution in [0.15, 0.2) is 60.0 Å². The van der Waals surface area contributed by atoms with E-state index in [1.54, 1.807) is 17.0 Å². The number of alkyl halides is 1. The molecule has 0 aliphatic carbocycles. The lowest BCUT2D eigenvalue weighted by Crippen LogP contribution is -2.30. The van der Waals surface area contributed by atoms with Gasteiger partial charge in [0, 0.05) is 63.8 Å². The van der Waals surface area contributed by atoms with Gasteiger partial charge in [0.2, 0.25) is 0 Å². The van der Waals surface area contributed by atoms with Crippen LogP contribution < -0.4 is 15.0 Å². The Bertz CT molecular complexity index is 2180. The zero-order valence-corrected chi connectivity index (χ0v) is 27.4. The Balaban J connectivity index is 0.987. The number of aromatic hydroxyl groups is 1. The molecule has 11 heteroatoms. The van der Waals surface area contributed by atoms with E-state index >= 15 is 0 Å². The molecular weight excluding hydrogens is 634 g/mol. The highest BCUT2D eigenvalue weighted by Gasteiger charge is 2.36. The highest BCUT2D eigenvalue weighted by atomic mass is 35.5. The molecule has 0 saturated carbocycles. The van der Waals surface area contributed by atoms with Gasteiger partial charge in [0.15, 0.2) is 0 Å². The van der Waals surface area contributed by atoms with Crippen molar-refractivity contribution in [2.75, 3.05) is 48.9 Å². The minimum atomic E-state index is -0.264. The van der Waals surface area contributed by atoms with E-state index in [-0.39, 0.29) is 23.5 Å². The number of likely N-dealkylation sites (tertiary alicyclic amines) is 1. The Labute approximate surface area is 280 Å². The fourth-order valence-corrected chi connectivity index (χ4v) is 8.26. The minimum absolute atomic E-state index is 0.0401. The summed E-state index contributed by atoms with van der Waals surface area (Å²) in [5, 5.41) is 18.5. The summed E-state index contributed by atoms with van der Waals surface area (Å²) in [6.45, 7) is 6.29. The second kappa shape index (κ2) is 11.9. The number of rotatable bonds is 8. The largest absolute Gasteiger partial charge is 0.506 e. The van der Waals surface area contributed by atoms with Crippen LogP contribution in [0.1, 0.15) is 50.9 Å². The van der Waals surface area contributed by atoms with Gasteiger partial charge >= 0.3 is 0 Å². The Morgan fingerprint density at radius 1 is 1.02 bits per heavy atom. The number of aromatic amines is 2. The van der Waals surface area contributed by atoms with E-state index in [1.807, 2.05) is 54.8 Å². The number of halogens is 1. The molecule has 1 fully saturated rings. The number of nitrogens with one attached hydrogen (secondary N) is 3. The van der Waals surface area contributed by atoms with E-state index in [2.05, 4.69) is 20.2 Å². The summed E-state index contributed by atoms with van der Waals surface area (Å²) in [4.78, 5) is 37.7. The third kappa shape index (κ3) is 5.40. The summed E-state index contributed by atoms with van der Waals surface area (Å²) in [5.41, 5.74) is 5.87. The molecule has 1 saturated heterocycles. The van der Waals surface area contributed by atoms with E-state index in [4.69, 9.17) is 16.3 Å². The van der Waals surface area contributed by atoms with Gasteiger partial charge in [-0.05, 0) is 97.9 Å². The van der Waals surface area contributed by atoms with Crippen LogP contribution in [0.25, 0.3) is 31.9 Å². The van der Waals surface area contributed by atoms with Gasteiger partial charge < -0.3 is 30.0 Å². The monoisotopic (exact) mass is 667 g/mol. The Hall–Kier alpha value is -4.51. The molecule has 2 amide bonds. The summed E-state index contributed by atoms with van der Waals surface area (Å²) in [6, 6.07) is 16.6. The molecule has 2 aliphatic rings. The quantitative estimate of drug-likeness (QED) is 0.125. The van der Waals surface area contributed by atoms with Gasteiger partial charge in [0.25, 0.3) is 11.8 Å². The maximum atomic E-state index is 13.9. The number of hydrogen-bond donors (Lipinski definition) is 4. The molecule has 3 aromatic heterocycles. The molecule has 2 aliphatic heterocycles. The summed E-state index contributed by atoms with van der Waals surface area (Å²) < 4.78 is 6.80. The van der Waals surface area contributed by atoms with Crippen molar-refractivity contribution in [3.8, 4) is 11.5 Å². The predicted octanol–water partition coefficient (Wildman–Crippen LogP) is 7.59. The Kier molecular flexibility index (Phi) is 7.58. The smallest absolute Gasteiger partial charge is 0.274 e. The fourth-order valence-electron chi connectivity index (χ4n) is 7.02. The number of carbonyl (C=O) groups is 2. The van der Waals surface area contributed by atoms with Crippen molar-refractivity contribution in [1.82, 2.24) is 14.9 Å². The van der Waals surface area contributed by atoms with E-state index in [9.17, 15) is 14.7 Å². The van der Waals surface area contributed by atoms with E-state index in [0.29, 0.717) is 41.8 Å². The molecule has 0 radical (unpaired) electrons.